The van der Waals surface area contributed by atoms with Crippen molar-refractivity contribution in [3.63, 3.8) is 0 Å². The Morgan fingerprint density at radius 3 is 1.70 bits per heavy atom. The summed E-state index contributed by atoms with van der Waals surface area (Å²) in [6, 6.07) is 7.91. The van der Waals surface area contributed by atoms with E-state index in [0.29, 0.717) is 25.9 Å². The van der Waals surface area contributed by atoms with Gasteiger partial charge in [0.05, 0.1) is 0 Å². The number of esters is 2. The van der Waals surface area contributed by atoms with E-state index in [1.807, 2.05) is 38.1 Å². The van der Waals surface area contributed by atoms with Crippen molar-refractivity contribution in [3.8, 4) is 0 Å². The molecule has 0 aromatic heterocycles. The third kappa shape index (κ3) is 10.9. The first-order valence-electron chi connectivity index (χ1n) is 9.95. The molecule has 0 bridgehead atoms. The van der Waals surface area contributed by atoms with Gasteiger partial charge in [-0.05, 0) is 24.0 Å². The minimum absolute atomic E-state index is 0.163. The molecule has 166 valence electrons. The lowest BCUT2D eigenvalue weighted by Crippen LogP contribution is -2.28. The second kappa shape index (κ2) is 15.3. The van der Waals surface area contributed by atoms with E-state index in [0.717, 1.165) is 23.3 Å². The number of rotatable bonds is 16. The maximum atomic E-state index is 11.1. The highest BCUT2D eigenvalue weighted by Crippen LogP contribution is 2.07. The van der Waals surface area contributed by atoms with E-state index in [4.69, 9.17) is 19.1 Å². The van der Waals surface area contributed by atoms with Gasteiger partial charge in [0.2, 0.25) is 0 Å². The van der Waals surface area contributed by atoms with Gasteiger partial charge in [0, 0.05) is 25.2 Å². The zero-order valence-corrected chi connectivity index (χ0v) is 17.7. The van der Waals surface area contributed by atoms with Gasteiger partial charge in [-0.15, -0.1) is 0 Å². The molecule has 8 heteroatoms. The molecule has 0 heterocycles. The van der Waals surface area contributed by atoms with E-state index in [9.17, 15) is 9.59 Å². The molecule has 0 saturated carbocycles. The first-order valence-corrected chi connectivity index (χ1v) is 9.95. The lowest BCUT2D eigenvalue weighted by atomic mass is 10.1. The fraction of sp³-hybridized carbons (Fsp3) is 0.455. The van der Waals surface area contributed by atoms with Gasteiger partial charge in [-0.3, -0.25) is 9.68 Å². The molecule has 1 rings (SSSR count). The number of ether oxygens (including phenoxy) is 2. The number of hydrogen-bond acceptors (Lipinski definition) is 8. The molecule has 1 aromatic rings. The smallest absolute Gasteiger partial charge is 0.330 e. The molecule has 30 heavy (non-hydrogen) atoms. The van der Waals surface area contributed by atoms with E-state index in [1.54, 1.807) is 0 Å². The molecule has 8 nitrogen and oxygen atoms in total. The summed E-state index contributed by atoms with van der Waals surface area (Å²) < 4.78 is 10.00. The van der Waals surface area contributed by atoms with Crippen molar-refractivity contribution < 1.29 is 28.7 Å². The van der Waals surface area contributed by atoms with Gasteiger partial charge in [0.15, 0.2) is 0 Å². The fourth-order valence-corrected chi connectivity index (χ4v) is 2.27. The van der Waals surface area contributed by atoms with Gasteiger partial charge < -0.3 is 9.47 Å². The Morgan fingerprint density at radius 1 is 0.900 bits per heavy atom. The molecule has 0 saturated heterocycles. The van der Waals surface area contributed by atoms with Gasteiger partial charge in [0.25, 0.3) is 0 Å². The summed E-state index contributed by atoms with van der Waals surface area (Å²) in [5, 5.41) is 0. The minimum atomic E-state index is -0.469. The van der Waals surface area contributed by atoms with Crippen LogP contribution in [0, 0.1) is 0 Å². The molecular weight excluding hydrogens is 388 g/mol. The molecule has 0 aliphatic rings. The standard InChI is InChI=1S/C22H32N2O6/c1-5-19(15-27-21(25)7-3)29-23-13-17-10-9-11-18(12-17)14-24-30-20(6-2)16-28-22(26)8-4/h7-12,19-20,23-24H,3-6,13-16H2,1-2H3. The predicted octanol–water partition coefficient (Wildman–Crippen LogP) is 2.74. The summed E-state index contributed by atoms with van der Waals surface area (Å²) in [5.74, 6) is -0.938. The average molecular weight is 421 g/mol. The van der Waals surface area contributed by atoms with Crippen molar-refractivity contribution >= 4 is 11.9 Å². The van der Waals surface area contributed by atoms with Crippen molar-refractivity contribution in [3.05, 3.63) is 60.7 Å². The highest BCUT2D eigenvalue weighted by atomic mass is 16.7. The van der Waals surface area contributed by atoms with Crippen LogP contribution in [0.25, 0.3) is 0 Å². The maximum absolute atomic E-state index is 11.1. The Labute approximate surface area is 178 Å². The molecule has 0 amide bonds. The number of carbonyl (C=O) groups excluding carboxylic acids is 2. The molecule has 0 aliphatic carbocycles. The SMILES string of the molecule is C=CC(=O)OCC(CC)ONCc1cccc(CNOC(CC)COC(=O)C=C)c1. The summed E-state index contributed by atoms with van der Waals surface area (Å²) >= 11 is 0. The third-order valence-corrected chi connectivity index (χ3v) is 4.11. The second-order valence-electron chi connectivity index (χ2n) is 6.43. The highest BCUT2D eigenvalue weighted by Gasteiger charge is 2.11. The van der Waals surface area contributed by atoms with Crippen LogP contribution in [0.5, 0.6) is 0 Å². The van der Waals surface area contributed by atoms with Crippen LogP contribution in [0.1, 0.15) is 37.8 Å². The van der Waals surface area contributed by atoms with Crippen LogP contribution >= 0.6 is 0 Å². The molecule has 2 N–H and O–H groups in total. The fourth-order valence-electron chi connectivity index (χ4n) is 2.27. The third-order valence-electron chi connectivity index (χ3n) is 4.11. The Hall–Kier alpha value is -2.52. The van der Waals surface area contributed by atoms with E-state index >= 15 is 0 Å². The lowest BCUT2D eigenvalue weighted by molar-refractivity contribution is -0.145. The van der Waals surface area contributed by atoms with Crippen molar-refractivity contribution in [2.24, 2.45) is 0 Å². The van der Waals surface area contributed by atoms with Crippen LogP contribution in [0.15, 0.2) is 49.6 Å². The summed E-state index contributed by atoms with van der Waals surface area (Å²) in [4.78, 5) is 33.4. The Morgan fingerprint density at radius 2 is 1.33 bits per heavy atom. The minimum Gasteiger partial charge on any atom is -0.460 e. The lowest BCUT2D eigenvalue weighted by Gasteiger charge is -2.17. The van der Waals surface area contributed by atoms with Crippen molar-refractivity contribution in [1.29, 1.82) is 0 Å². The number of benzene rings is 1. The van der Waals surface area contributed by atoms with Crippen LogP contribution < -0.4 is 11.0 Å². The maximum Gasteiger partial charge on any atom is 0.330 e. The van der Waals surface area contributed by atoms with Crippen LogP contribution in [0.3, 0.4) is 0 Å². The number of hydrogen-bond donors (Lipinski definition) is 2. The zero-order chi connectivity index (χ0) is 22.2. The Kier molecular flexibility index (Phi) is 13.0. The van der Waals surface area contributed by atoms with Gasteiger partial charge >= 0.3 is 11.9 Å². The van der Waals surface area contributed by atoms with Gasteiger partial charge in [-0.25, -0.2) is 9.59 Å². The molecule has 0 radical (unpaired) electrons. The van der Waals surface area contributed by atoms with Crippen LogP contribution in [-0.4, -0.2) is 37.4 Å². The highest BCUT2D eigenvalue weighted by molar-refractivity contribution is 5.81. The molecule has 0 fully saturated rings. The molecule has 2 unspecified atom stereocenters. The monoisotopic (exact) mass is 420 g/mol. The quantitative estimate of drug-likeness (QED) is 0.239. The molecule has 0 aliphatic heterocycles. The van der Waals surface area contributed by atoms with E-state index in [-0.39, 0.29) is 25.4 Å². The van der Waals surface area contributed by atoms with E-state index in [2.05, 4.69) is 24.1 Å². The van der Waals surface area contributed by atoms with E-state index < -0.39 is 11.9 Å². The number of nitrogens with one attached hydrogen (secondary N) is 2. The van der Waals surface area contributed by atoms with Gasteiger partial charge in [-0.2, -0.15) is 11.0 Å². The van der Waals surface area contributed by atoms with Crippen molar-refractivity contribution in [1.82, 2.24) is 11.0 Å². The summed E-state index contributed by atoms with van der Waals surface area (Å²) in [7, 11) is 0. The van der Waals surface area contributed by atoms with E-state index in [1.165, 1.54) is 0 Å². The normalized spacial score (nSPS) is 12.6. The molecule has 0 spiro atoms. The average Bonchev–Trinajstić information content (AvgIpc) is 2.78. The largest absolute Gasteiger partial charge is 0.460 e. The molecule has 2 atom stereocenters. The summed E-state index contributed by atoms with van der Waals surface area (Å²) in [5.41, 5.74) is 7.88. The summed E-state index contributed by atoms with van der Waals surface area (Å²) in [6.45, 7) is 11.9. The van der Waals surface area contributed by atoms with Gasteiger partial charge in [-0.1, -0.05) is 51.3 Å². The van der Waals surface area contributed by atoms with Crippen LogP contribution in [-0.2, 0) is 41.8 Å². The predicted molar refractivity (Wildman–Crippen MR) is 113 cm³/mol. The number of carbonyl (C=O) groups is 2. The van der Waals surface area contributed by atoms with Crippen molar-refractivity contribution in [2.45, 2.75) is 52.0 Å². The van der Waals surface area contributed by atoms with Crippen LogP contribution in [0.2, 0.25) is 0 Å². The topological polar surface area (TPSA) is 95.1 Å². The van der Waals surface area contributed by atoms with Gasteiger partial charge in [0.1, 0.15) is 25.4 Å². The van der Waals surface area contributed by atoms with Crippen LogP contribution in [0.4, 0.5) is 0 Å². The first-order chi connectivity index (χ1) is 14.5. The summed E-state index contributed by atoms with van der Waals surface area (Å²) in [6.07, 6.45) is 3.15. The first kappa shape index (κ1) is 25.5. The Bertz CT molecular complexity index is 626. The second-order valence-corrected chi connectivity index (χ2v) is 6.43. The zero-order valence-electron chi connectivity index (χ0n) is 17.7. The van der Waals surface area contributed by atoms with Crippen molar-refractivity contribution in [2.75, 3.05) is 13.2 Å². The molecular formula is C22H32N2O6. The number of hydroxylamine groups is 2. The molecule has 1 aromatic carbocycles. The Balaban J connectivity index is 2.37.